The van der Waals surface area contributed by atoms with Crippen molar-refractivity contribution >= 4 is 17.3 Å². The highest BCUT2D eigenvalue weighted by Crippen LogP contribution is 2.24. The van der Waals surface area contributed by atoms with Crippen LogP contribution in [0, 0.1) is 10.1 Å². The number of aromatic nitrogens is 2. The van der Waals surface area contributed by atoms with Crippen LogP contribution >= 0.6 is 0 Å². The third-order valence-electron chi connectivity index (χ3n) is 4.50. The van der Waals surface area contributed by atoms with Crippen molar-refractivity contribution in [3.05, 3.63) is 52.8 Å². The Balaban J connectivity index is 1.67. The van der Waals surface area contributed by atoms with Crippen molar-refractivity contribution in [1.29, 1.82) is 0 Å². The maximum Gasteiger partial charge on any atom is 0.307 e. The fourth-order valence-corrected chi connectivity index (χ4v) is 3.03. The maximum absolute atomic E-state index is 12.9. The Morgan fingerprint density at radius 3 is 2.72 bits per heavy atom. The second-order valence-electron chi connectivity index (χ2n) is 6.71. The first kappa shape index (κ1) is 16.9. The molecule has 0 radical (unpaired) electrons. The zero-order chi connectivity index (χ0) is 18.0. The van der Waals surface area contributed by atoms with Crippen molar-refractivity contribution < 1.29 is 9.72 Å². The molecule has 0 aliphatic carbocycles. The first-order valence-corrected chi connectivity index (χ1v) is 8.18. The molecule has 1 atom stereocenters. The predicted octanol–water partition coefficient (Wildman–Crippen LogP) is 2.24. The highest BCUT2D eigenvalue weighted by atomic mass is 16.6. The Bertz CT molecular complexity index is 772. The van der Waals surface area contributed by atoms with Gasteiger partial charge in [0.05, 0.1) is 4.92 Å². The number of anilines is 1. The lowest BCUT2D eigenvalue weighted by molar-refractivity contribution is -0.385. The number of para-hydroxylation sites is 1. The molecule has 0 bridgehead atoms. The van der Waals surface area contributed by atoms with Gasteiger partial charge in [-0.1, -0.05) is 18.2 Å². The van der Waals surface area contributed by atoms with E-state index < -0.39 is 10.5 Å². The van der Waals surface area contributed by atoms with E-state index in [4.69, 9.17) is 0 Å². The molecule has 132 valence electrons. The van der Waals surface area contributed by atoms with Gasteiger partial charge in [-0.05, 0) is 32.4 Å². The number of rotatable bonds is 5. The number of nitro groups is 1. The van der Waals surface area contributed by atoms with Crippen LogP contribution in [-0.4, -0.2) is 44.6 Å². The van der Waals surface area contributed by atoms with Crippen LogP contribution in [0.1, 0.15) is 20.3 Å². The molecule has 25 heavy (non-hydrogen) atoms. The molecule has 1 aromatic heterocycles. The molecule has 1 N–H and O–H groups in total. The van der Waals surface area contributed by atoms with E-state index in [1.807, 2.05) is 30.3 Å². The van der Waals surface area contributed by atoms with Crippen LogP contribution in [0.2, 0.25) is 0 Å². The summed E-state index contributed by atoms with van der Waals surface area (Å²) in [4.78, 5) is 25.0. The molecular weight excluding hydrogens is 322 g/mol. The minimum atomic E-state index is -0.976. The van der Waals surface area contributed by atoms with Gasteiger partial charge in [0.15, 0.2) is 0 Å². The highest BCUT2D eigenvalue weighted by molar-refractivity contribution is 5.84. The van der Waals surface area contributed by atoms with Crippen molar-refractivity contribution in [2.45, 2.75) is 31.8 Å². The molecule has 1 amide bonds. The number of carbonyl (C=O) groups is 1. The second-order valence-corrected chi connectivity index (χ2v) is 6.71. The van der Waals surface area contributed by atoms with Crippen molar-refractivity contribution in [3.8, 4) is 0 Å². The van der Waals surface area contributed by atoms with Crippen molar-refractivity contribution in [2.24, 2.45) is 0 Å². The summed E-state index contributed by atoms with van der Waals surface area (Å²) in [5, 5.41) is 18.3. The van der Waals surface area contributed by atoms with E-state index in [1.165, 1.54) is 17.1 Å². The molecule has 2 aromatic rings. The molecular formula is C17H21N5O3. The summed E-state index contributed by atoms with van der Waals surface area (Å²) in [5.74, 6) is -0.0946. The number of hydrogen-bond acceptors (Lipinski definition) is 5. The number of amides is 1. The minimum absolute atomic E-state index is 0.0946. The van der Waals surface area contributed by atoms with Crippen molar-refractivity contribution in [1.82, 2.24) is 14.7 Å². The van der Waals surface area contributed by atoms with Gasteiger partial charge in [0.1, 0.15) is 17.9 Å². The molecule has 3 rings (SSSR count). The summed E-state index contributed by atoms with van der Waals surface area (Å²) in [6, 6.07) is 10.1. The Morgan fingerprint density at radius 2 is 2.08 bits per heavy atom. The molecule has 0 saturated carbocycles. The van der Waals surface area contributed by atoms with Gasteiger partial charge in [-0.25, -0.2) is 0 Å². The Morgan fingerprint density at radius 1 is 1.36 bits per heavy atom. The quantitative estimate of drug-likeness (QED) is 0.664. The van der Waals surface area contributed by atoms with E-state index in [0.717, 1.165) is 12.1 Å². The van der Waals surface area contributed by atoms with Crippen LogP contribution in [0.3, 0.4) is 0 Å². The van der Waals surface area contributed by atoms with Gasteiger partial charge in [-0.3, -0.25) is 19.6 Å². The zero-order valence-corrected chi connectivity index (χ0v) is 14.3. The summed E-state index contributed by atoms with van der Waals surface area (Å²) >= 11 is 0. The number of nitrogens with zero attached hydrogens (tertiary/aromatic N) is 4. The van der Waals surface area contributed by atoms with Crippen molar-refractivity contribution in [3.63, 3.8) is 0 Å². The Kier molecular flexibility index (Phi) is 4.43. The van der Waals surface area contributed by atoms with Gasteiger partial charge >= 0.3 is 5.69 Å². The fraction of sp³-hybridized carbons (Fsp3) is 0.412. The van der Waals surface area contributed by atoms with Crippen LogP contribution < -0.4 is 5.32 Å². The number of carbonyl (C=O) groups excluding carboxylic acids is 1. The minimum Gasteiger partial charge on any atom is -0.380 e. The lowest BCUT2D eigenvalue weighted by Gasteiger charge is -2.29. The molecule has 8 heteroatoms. The lowest BCUT2D eigenvalue weighted by Crippen LogP contribution is -2.46. The summed E-state index contributed by atoms with van der Waals surface area (Å²) in [7, 11) is 0. The zero-order valence-electron chi connectivity index (χ0n) is 14.3. The largest absolute Gasteiger partial charge is 0.380 e. The second kappa shape index (κ2) is 6.54. The van der Waals surface area contributed by atoms with Gasteiger partial charge in [-0.2, -0.15) is 5.10 Å². The third-order valence-corrected chi connectivity index (χ3v) is 4.50. The van der Waals surface area contributed by atoms with E-state index in [9.17, 15) is 14.9 Å². The molecule has 8 nitrogen and oxygen atoms in total. The standard InChI is InChI=1S/C17H21N5O3/c1-17(2,21-12-15(10-18-21)22(24)25)16(23)20-9-8-14(11-20)19-13-6-4-3-5-7-13/h3-7,10,12,14,19H,8-9,11H2,1-2H3/t14-/m1/s1. The molecule has 2 heterocycles. The Labute approximate surface area is 145 Å². The first-order chi connectivity index (χ1) is 11.9. The van der Waals surface area contributed by atoms with Gasteiger partial charge in [0.2, 0.25) is 5.91 Å². The molecule has 1 aliphatic rings. The average Bonchev–Trinajstić information content (AvgIpc) is 3.25. The third kappa shape index (κ3) is 3.47. The summed E-state index contributed by atoms with van der Waals surface area (Å²) < 4.78 is 1.37. The average molecular weight is 343 g/mol. The highest BCUT2D eigenvalue weighted by Gasteiger charge is 2.38. The van der Waals surface area contributed by atoms with Crippen molar-refractivity contribution in [2.75, 3.05) is 18.4 Å². The van der Waals surface area contributed by atoms with Crippen LogP contribution in [0.5, 0.6) is 0 Å². The molecule has 0 spiro atoms. The monoisotopic (exact) mass is 343 g/mol. The van der Waals surface area contributed by atoms with Crippen LogP contribution in [-0.2, 0) is 10.3 Å². The normalized spacial score (nSPS) is 17.5. The van der Waals surface area contributed by atoms with Gasteiger partial charge < -0.3 is 10.2 Å². The SMILES string of the molecule is CC(C)(C(=O)N1CC[C@@H](Nc2ccccc2)C1)n1cc([N+](=O)[O-])cn1. The number of hydrogen-bond donors (Lipinski definition) is 1. The van der Waals surface area contributed by atoms with E-state index >= 15 is 0 Å². The summed E-state index contributed by atoms with van der Waals surface area (Å²) in [5.41, 5.74) is -0.0646. The van der Waals surface area contributed by atoms with E-state index in [2.05, 4.69) is 10.4 Å². The van der Waals surface area contributed by atoms with Gasteiger partial charge in [-0.15, -0.1) is 0 Å². The number of likely N-dealkylation sites (tertiary alicyclic amines) is 1. The topological polar surface area (TPSA) is 93.3 Å². The fourth-order valence-electron chi connectivity index (χ4n) is 3.03. The van der Waals surface area contributed by atoms with Crippen LogP contribution in [0.25, 0.3) is 0 Å². The summed E-state index contributed by atoms with van der Waals surface area (Å²) in [6.45, 7) is 4.70. The van der Waals surface area contributed by atoms with E-state index in [1.54, 1.807) is 18.7 Å². The lowest BCUT2D eigenvalue weighted by atomic mass is 10.0. The molecule has 1 fully saturated rings. The predicted molar refractivity (Wildman–Crippen MR) is 93.3 cm³/mol. The van der Waals surface area contributed by atoms with Crippen LogP contribution in [0.15, 0.2) is 42.7 Å². The molecule has 0 unspecified atom stereocenters. The number of nitrogens with one attached hydrogen (secondary N) is 1. The van der Waals surface area contributed by atoms with Crippen LogP contribution in [0.4, 0.5) is 11.4 Å². The Hall–Kier alpha value is -2.90. The van der Waals surface area contributed by atoms with Gasteiger partial charge in [0, 0.05) is 24.8 Å². The molecule has 1 aliphatic heterocycles. The number of benzene rings is 1. The molecule has 1 saturated heterocycles. The smallest absolute Gasteiger partial charge is 0.307 e. The molecule has 1 aromatic carbocycles. The van der Waals surface area contributed by atoms with Gasteiger partial charge in [0.25, 0.3) is 0 Å². The summed E-state index contributed by atoms with van der Waals surface area (Å²) in [6.07, 6.45) is 3.32. The van der Waals surface area contributed by atoms with E-state index in [0.29, 0.717) is 13.1 Å². The van der Waals surface area contributed by atoms with E-state index in [-0.39, 0.29) is 17.6 Å². The first-order valence-electron chi connectivity index (χ1n) is 8.18. The maximum atomic E-state index is 12.9.